The van der Waals surface area contributed by atoms with E-state index in [9.17, 15) is 18.8 Å². The van der Waals surface area contributed by atoms with Crippen LogP contribution in [-0.4, -0.2) is 26.2 Å². The van der Waals surface area contributed by atoms with Gasteiger partial charge in [0.25, 0.3) is 17.4 Å². The van der Waals surface area contributed by atoms with Crippen molar-refractivity contribution in [3.05, 3.63) is 81.3 Å². The molecular formula is C21H22FN5O3. The molecular weight excluding hydrogens is 389 g/mol. The van der Waals surface area contributed by atoms with Gasteiger partial charge in [-0.05, 0) is 56.7 Å². The molecule has 2 aromatic heterocycles. The molecule has 0 aliphatic heterocycles. The quantitative estimate of drug-likeness (QED) is 0.630. The van der Waals surface area contributed by atoms with Gasteiger partial charge in [-0.1, -0.05) is 6.92 Å². The number of halogens is 1. The fraction of sp³-hybridized carbons (Fsp3) is 0.238. The van der Waals surface area contributed by atoms with Crippen LogP contribution in [0.2, 0.25) is 0 Å². The van der Waals surface area contributed by atoms with Crippen molar-refractivity contribution in [1.82, 2.24) is 25.2 Å². The number of carbonyl (C=O) groups excluding carboxylic acids is 2. The van der Waals surface area contributed by atoms with Gasteiger partial charge >= 0.3 is 0 Å². The fourth-order valence-electron chi connectivity index (χ4n) is 3.17. The van der Waals surface area contributed by atoms with E-state index in [0.717, 1.165) is 11.4 Å². The topological polar surface area (TPSA) is 98.0 Å². The number of benzene rings is 1. The molecule has 8 nitrogen and oxygen atoms in total. The molecule has 0 aliphatic rings. The minimum absolute atomic E-state index is 0.0140. The summed E-state index contributed by atoms with van der Waals surface area (Å²) in [5.74, 6) is -1.49. The van der Waals surface area contributed by atoms with Gasteiger partial charge in [-0.3, -0.25) is 25.2 Å². The third-order valence-electron chi connectivity index (χ3n) is 4.58. The van der Waals surface area contributed by atoms with E-state index < -0.39 is 11.8 Å². The summed E-state index contributed by atoms with van der Waals surface area (Å²) in [6.45, 7) is 5.87. The highest BCUT2D eigenvalue weighted by atomic mass is 19.1. The van der Waals surface area contributed by atoms with Crippen molar-refractivity contribution >= 4 is 11.8 Å². The molecule has 0 spiro atoms. The Hall–Kier alpha value is -3.75. The highest BCUT2D eigenvalue weighted by Gasteiger charge is 2.18. The number of nitrogens with zero attached hydrogens (tertiary/aromatic N) is 3. The van der Waals surface area contributed by atoms with Gasteiger partial charge in [0, 0.05) is 29.7 Å². The number of aromatic nitrogens is 3. The van der Waals surface area contributed by atoms with Crippen LogP contribution in [0.15, 0.2) is 47.3 Å². The number of aryl methyl sites for hydroxylation is 2. The zero-order chi connectivity index (χ0) is 21.8. The summed E-state index contributed by atoms with van der Waals surface area (Å²) in [4.78, 5) is 36.6. The fourth-order valence-corrected chi connectivity index (χ4v) is 3.17. The third kappa shape index (κ3) is 4.29. The molecule has 2 N–H and O–H groups in total. The van der Waals surface area contributed by atoms with Gasteiger partial charge in [0.05, 0.1) is 5.56 Å². The predicted octanol–water partition coefficient (Wildman–Crippen LogP) is 2.27. The molecule has 0 saturated carbocycles. The summed E-state index contributed by atoms with van der Waals surface area (Å²) in [5, 5.41) is 4.00. The molecule has 9 heteroatoms. The first-order valence-electron chi connectivity index (χ1n) is 9.45. The van der Waals surface area contributed by atoms with Gasteiger partial charge in [-0.2, -0.15) is 5.10 Å². The minimum atomic E-state index is -0.638. The number of hydrogen-bond donors (Lipinski definition) is 2. The Balaban J connectivity index is 1.75. The smallest absolute Gasteiger partial charge is 0.290 e. The summed E-state index contributed by atoms with van der Waals surface area (Å²) >= 11 is 0. The number of amides is 2. The molecule has 0 unspecified atom stereocenters. The summed E-state index contributed by atoms with van der Waals surface area (Å²) in [7, 11) is 0. The Kier molecular flexibility index (Phi) is 6.10. The lowest BCUT2D eigenvalue weighted by atomic mass is 10.2. The van der Waals surface area contributed by atoms with Crippen molar-refractivity contribution in [3.8, 4) is 5.69 Å². The van der Waals surface area contributed by atoms with E-state index in [0.29, 0.717) is 24.2 Å². The molecule has 2 amide bonds. The van der Waals surface area contributed by atoms with Crippen LogP contribution in [0, 0.1) is 19.7 Å². The van der Waals surface area contributed by atoms with Crippen LogP contribution >= 0.6 is 0 Å². The van der Waals surface area contributed by atoms with Crippen LogP contribution in [0.4, 0.5) is 4.39 Å². The second kappa shape index (κ2) is 8.73. The summed E-state index contributed by atoms with van der Waals surface area (Å²) in [6.07, 6.45) is 0.693. The normalized spacial score (nSPS) is 10.7. The van der Waals surface area contributed by atoms with E-state index in [2.05, 4.69) is 16.0 Å². The largest absolute Gasteiger partial charge is 0.318 e. The zero-order valence-electron chi connectivity index (χ0n) is 16.9. The molecule has 0 saturated heterocycles. The predicted molar refractivity (Wildman–Crippen MR) is 109 cm³/mol. The molecule has 0 radical (unpaired) electrons. The maximum Gasteiger partial charge on any atom is 0.290 e. The van der Waals surface area contributed by atoms with Crippen LogP contribution < -0.4 is 16.4 Å². The summed E-state index contributed by atoms with van der Waals surface area (Å²) < 4.78 is 16.2. The van der Waals surface area contributed by atoms with E-state index in [1.807, 2.05) is 18.4 Å². The lowest BCUT2D eigenvalue weighted by Crippen LogP contribution is -2.42. The van der Waals surface area contributed by atoms with Gasteiger partial charge in [0.1, 0.15) is 5.82 Å². The first-order valence-corrected chi connectivity index (χ1v) is 9.45. The van der Waals surface area contributed by atoms with Crippen LogP contribution in [0.25, 0.3) is 5.69 Å². The third-order valence-corrected chi connectivity index (χ3v) is 4.58. The lowest BCUT2D eigenvalue weighted by Gasteiger charge is -2.11. The Bertz CT molecular complexity index is 1150. The van der Waals surface area contributed by atoms with Crippen LogP contribution in [0.5, 0.6) is 0 Å². The molecule has 3 rings (SSSR count). The van der Waals surface area contributed by atoms with Gasteiger partial charge in [-0.25, -0.2) is 9.07 Å². The Labute approximate surface area is 172 Å². The molecule has 0 aliphatic carbocycles. The van der Waals surface area contributed by atoms with E-state index >= 15 is 0 Å². The molecule has 156 valence electrons. The average molecular weight is 411 g/mol. The van der Waals surface area contributed by atoms with Crippen molar-refractivity contribution in [2.24, 2.45) is 0 Å². The molecule has 2 heterocycles. The SMILES string of the molecule is CCCn1nc(C(=O)NNC(=O)c2cc(C)n(-c3ccc(F)cc3)c2C)ccc1=O. The number of hydrogen-bond acceptors (Lipinski definition) is 4. The zero-order valence-corrected chi connectivity index (χ0v) is 16.9. The number of rotatable bonds is 5. The molecule has 30 heavy (non-hydrogen) atoms. The standard InChI is InChI=1S/C21H22FN5O3/c1-4-11-26-19(28)10-9-18(25-26)21(30)24-23-20(29)17-12-13(2)27(14(17)3)16-7-5-15(22)6-8-16/h5-10,12H,4,11H2,1-3H3,(H,23,29)(H,24,30). The minimum Gasteiger partial charge on any atom is -0.318 e. The molecule has 0 atom stereocenters. The molecule has 0 bridgehead atoms. The average Bonchev–Trinajstić information content (AvgIpc) is 3.02. The molecule has 1 aromatic carbocycles. The molecule has 3 aromatic rings. The van der Waals surface area contributed by atoms with Crippen molar-refractivity contribution < 1.29 is 14.0 Å². The lowest BCUT2D eigenvalue weighted by molar-refractivity contribution is 0.0842. The number of nitrogens with one attached hydrogen (secondary N) is 2. The highest BCUT2D eigenvalue weighted by molar-refractivity contribution is 5.99. The van der Waals surface area contributed by atoms with Gasteiger partial charge in [0.15, 0.2) is 5.69 Å². The van der Waals surface area contributed by atoms with Gasteiger partial charge < -0.3 is 4.57 Å². The first kappa shape index (κ1) is 21.0. The first-order chi connectivity index (χ1) is 14.3. The maximum absolute atomic E-state index is 13.2. The Morgan fingerprint density at radius 2 is 1.70 bits per heavy atom. The van der Waals surface area contributed by atoms with Crippen LogP contribution in [0.1, 0.15) is 45.6 Å². The van der Waals surface area contributed by atoms with E-state index in [1.54, 1.807) is 25.1 Å². The van der Waals surface area contributed by atoms with E-state index in [4.69, 9.17) is 0 Å². The van der Waals surface area contributed by atoms with Crippen LogP contribution in [-0.2, 0) is 6.54 Å². The number of carbonyl (C=O) groups is 2. The highest BCUT2D eigenvalue weighted by Crippen LogP contribution is 2.21. The summed E-state index contributed by atoms with van der Waals surface area (Å²) in [5.41, 5.74) is 6.90. The maximum atomic E-state index is 13.2. The second-order valence-electron chi connectivity index (χ2n) is 6.78. The van der Waals surface area contributed by atoms with E-state index in [-0.39, 0.29) is 17.1 Å². The van der Waals surface area contributed by atoms with E-state index in [1.165, 1.54) is 28.9 Å². The monoisotopic (exact) mass is 411 g/mol. The van der Waals surface area contributed by atoms with Crippen molar-refractivity contribution in [2.45, 2.75) is 33.7 Å². The Morgan fingerprint density at radius 3 is 2.37 bits per heavy atom. The van der Waals surface area contributed by atoms with Crippen LogP contribution in [0.3, 0.4) is 0 Å². The van der Waals surface area contributed by atoms with Gasteiger partial charge in [-0.15, -0.1) is 0 Å². The second-order valence-corrected chi connectivity index (χ2v) is 6.78. The number of hydrazine groups is 1. The van der Waals surface area contributed by atoms with Crippen molar-refractivity contribution in [1.29, 1.82) is 0 Å². The summed E-state index contributed by atoms with van der Waals surface area (Å²) in [6, 6.07) is 10.2. The van der Waals surface area contributed by atoms with Crippen molar-refractivity contribution in [3.63, 3.8) is 0 Å². The van der Waals surface area contributed by atoms with Gasteiger partial charge in [0.2, 0.25) is 0 Å². The van der Waals surface area contributed by atoms with Crippen molar-refractivity contribution in [2.75, 3.05) is 0 Å². The molecule has 0 fully saturated rings. The Morgan fingerprint density at radius 1 is 1.03 bits per heavy atom.